The van der Waals surface area contributed by atoms with Crippen molar-refractivity contribution >= 4 is 28.1 Å². The minimum absolute atomic E-state index is 0.0624. The molecular formula is C19H22FN3OS. The highest BCUT2D eigenvalue weighted by Gasteiger charge is 2.14. The number of benzene rings is 1. The van der Waals surface area contributed by atoms with E-state index in [0.717, 1.165) is 33.8 Å². The summed E-state index contributed by atoms with van der Waals surface area (Å²) in [5, 5.41) is 6.88. The van der Waals surface area contributed by atoms with Crippen LogP contribution in [0.3, 0.4) is 0 Å². The molecule has 4 nitrogen and oxygen atoms in total. The number of H-pyrrole nitrogens is 1. The zero-order valence-corrected chi connectivity index (χ0v) is 15.5. The summed E-state index contributed by atoms with van der Waals surface area (Å²) in [6.45, 7) is 6.66. The van der Waals surface area contributed by atoms with Crippen LogP contribution in [0.2, 0.25) is 0 Å². The Morgan fingerprint density at radius 1 is 1.40 bits per heavy atom. The molecule has 0 bridgehead atoms. The molecule has 0 spiro atoms. The molecule has 0 saturated heterocycles. The first-order valence-corrected chi connectivity index (χ1v) is 9.30. The summed E-state index contributed by atoms with van der Waals surface area (Å²) >= 11 is 1.66. The molecule has 2 aromatic heterocycles. The molecule has 0 aliphatic rings. The molecule has 1 amide bonds. The van der Waals surface area contributed by atoms with Gasteiger partial charge in [0.2, 0.25) is 5.91 Å². The van der Waals surface area contributed by atoms with E-state index >= 15 is 0 Å². The second-order valence-corrected chi connectivity index (χ2v) is 7.39. The average Bonchev–Trinajstić information content (AvgIpc) is 3.15. The summed E-state index contributed by atoms with van der Waals surface area (Å²) in [7, 11) is 0. The van der Waals surface area contributed by atoms with Crippen molar-refractivity contribution in [2.24, 2.45) is 0 Å². The van der Waals surface area contributed by atoms with E-state index < -0.39 is 0 Å². The number of aryl methyl sites for hydroxylation is 1. The van der Waals surface area contributed by atoms with Crippen molar-refractivity contribution in [3.63, 3.8) is 0 Å². The lowest BCUT2D eigenvalue weighted by molar-refractivity contribution is -0.120. The van der Waals surface area contributed by atoms with Crippen LogP contribution in [-0.2, 0) is 17.6 Å². The van der Waals surface area contributed by atoms with E-state index in [2.05, 4.69) is 29.1 Å². The van der Waals surface area contributed by atoms with E-state index in [1.165, 1.54) is 6.07 Å². The smallest absolute Gasteiger partial charge is 0.224 e. The molecule has 2 N–H and O–H groups in total. The number of para-hydroxylation sites is 1. The Bertz CT molecular complexity index is 897. The number of halogens is 1. The predicted molar refractivity (Wildman–Crippen MR) is 99.6 cm³/mol. The largest absolute Gasteiger partial charge is 0.356 e. The summed E-state index contributed by atoms with van der Waals surface area (Å²) < 4.78 is 13.8. The number of hydrogen-bond donors (Lipinski definition) is 2. The number of carbonyl (C=O) groups excluding carboxylic acids is 1. The third kappa shape index (κ3) is 3.90. The number of fused-ring (bicyclic) bond motifs is 1. The fraction of sp³-hybridized carbons (Fsp3) is 0.368. The average molecular weight is 359 g/mol. The summed E-state index contributed by atoms with van der Waals surface area (Å²) in [4.78, 5) is 19.9. The van der Waals surface area contributed by atoms with Crippen molar-refractivity contribution in [3.8, 4) is 0 Å². The highest BCUT2D eigenvalue weighted by Crippen LogP contribution is 2.24. The fourth-order valence-electron chi connectivity index (χ4n) is 2.85. The number of amides is 1. The molecule has 132 valence electrons. The lowest BCUT2D eigenvalue weighted by Gasteiger charge is -2.05. The molecule has 0 aliphatic heterocycles. The van der Waals surface area contributed by atoms with Crippen LogP contribution in [-0.4, -0.2) is 22.4 Å². The normalized spacial score (nSPS) is 11.4. The number of carbonyl (C=O) groups is 1. The Morgan fingerprint density at radius 2 is 2.20 bits per heavy atom. The van der Waals surface area contributed by atoms with Crippen LogP contribution in [0, 0.1) is 12.7 Å². The molecule has 0 saturated carbocycles. The van der Waals surface area contributed by atoms with E-state index in [1.807, 2.05) is 18.4 Å². The summed E-state index contributed by atoms with van der Waals surface area (Å²) in [6.07, 6.45) is 0.958. The number of rotatable bonds is 6. The quantitative estimate of drug-likeness (QED) is 0.696. The maximum absolute atomic E-state index is 13.8. The van der Waals surface area contributed by atoms with Gasteiger partial charge in [-0.1, -0.05) is 26.0 Å². The van der Waals surface area contributed by atoms with Crippen LogP contribution in [0.4, 0.5) is 4.39 Å². The number of aromatic amines is 1. The van der Waals surface area contributed by atoms with E-state index in [9.17, 15) is 9.18 Å². The van der Waals surface area contributed by atoms with Crippen LogP contribution < -0.4 is 5.32 Å². The van der Waals surface area contributed by atoms with E-state index in [1.54, 1.807) is 17.4 Å². The Balaban J connectivity index is 1.59. The van der Waals surface area contributed by atoms with Crippen molar-refractivity contribution in [2.75, 3.05) is 6.54 Å². The monoisotopic (exact) mass is 359 g/mol. The van der Waals surface area contributed by atoms with Crippen molar-refractivity contribution in [1.82, 2.24) is 15.3 Å². The molecule has 0 radical (unpaired) electrons. The number of nitrogens with zero attached hydrogens (tertiary/aromatic N) is 1. The van der Waals surface area contributed by atoms with Gasteiger partial charge in [0.05, 0.1) is 22.6 Å². The Hall–Kier alpha value is -2.21. The molecule has 0 fully saturated rings. The van der Waals surface area contributed by atoms with E-state index in [0.29, 0.717) is 18.0 Å². The Labute approximate surface area is 150 Å². The lowest BCUT2D eigenvalue weighted by Crippen LogP contribution is -2.27. The minimum atomic E-state index is -0.295. The highest BCUT2D eigenvalue weighted by atomic mass is 32.1. The SMILES string of the molecule is Cc1[nH]c2c(F)cccc2c1CC(=O)NCCc1csc(C(C)C)n1. The maximum Gasteiger partial charge on any atom is 0.224 e. The summed E-state index contributed by atoms with van der Waals surface area (Å²) in [5.41, 5.74) is 3.16. The van der Waals surface area contributed by atoms with Gasteiger partial charge in [0.15, 0.2) is 0 Å². The number of nitrogens with one attached hydrogen (secondary N) is 2. The van der Waals surface area contributed by atoms with Crippen LogP contribution in [0.25, 0.3) is 10.9 Å². The van der Waals surface area contributed by atoms with Crippen LogP contribution in [0.5, 0.6) is 0 Å². The van der Waals surface area contributed by atoms with Gasteiger partial charge in [-0.3, -0.25) is 4.79 Å². The number of aromatic nitrogens is 2. The van der Waals surface area contributed by atoms with Gasteiger partial charge >= 0.3 is 0 Å². The third-order valence-corrected chi connectivity index (χ3v) is 5.40. The van der Waals surface area contributed by atoms with Gasteiger partial charge in [0.1, 0.15) is 5.82 Å². The van der Waals surface area contributed by atoms with Crippen molar-refractivity contribution in [1.29, 1.82) is 0 Å². The molecule has 0 atom stereocenters. The van der Waals surface area contributed by atoms with Crippen LogP contribution in [0.1, 0.15) is 41.7 Å². The van der Waals surface area contributed by atoms with Gasteiger partial charge in [0, 0.05) is 35.3 Å². The maximum atomic E-state index is 13.8. The molecular weight excluding hydrogens is 337 g/mol. The molecule has 3 rings (SSSR count). The minimum Gasteiger partial charge on any atom is -0.356 e. The van der Waals surface area contributed by atoms with Crippen molar-refractivity contribution < 1.29 is 9.18 Å². The first-order valence-electron chi connectivity index (χ1n) is 8.42. The predicted octanol–water partition coefficient (Wildman–Crippen LogP) is 4.10. The van der Waals surface area contributed by atoms with E-state index in [-0.39, 0.29) is 18.1 Å². The zero-order valence-electron chi connectivity index (χ0n) is 14.6. The molecule has 6 heteroatoms. The van der Waals surface area contributed by atoms with Gasteiger partial charge in [-0.25, -0.2) is 9.37 Å². The first kappa shape index (κ1) is 17.6. The van der Waals surface area contributed by atoms with E-state index in [4.69, 9.17) is 0 Å². The number of thiazole rings is 1. The van der Waals surface area contributed by atoms with Gasteiger partial charge in [0.25, 0.3) is 0 Å². The molecule has 3 aromatic rings. The molecule has 0 unspecified atom stereocenters. The third-order valence-electron chi connectivity index (χ3n) is 4.21. The van der Waals surface area contributed by atoms with Crippen molar-refractivity contribution in [2.45, 2.75) is 39.5 Å². The molecule has 0 aliphatic carbocycles. The molecule has 1 aromatic carbocycles. The van der Waals surface area contributed by atoms with Crippen LogP contribution >= 0.6 is 11.3 Å². The highest BCUT2D eigenvalue weighted by molar-refractivity contribution is 7.09. The fourth-order valence-corrected chi connectivity index (χ4v) is 3.72. The molecule has 25 heavy (non-hydrogen) atoms. The van der Waals surface area contributed by atoms with Gasteiger partial charge < -0.3 is 10.3 Å². The van der Waals surface area contributed by atoms with Gasteiger partial charge in [-0.15, -0.1) is 11.3 Å². The lowest BCUT2D eigenvalue weighted by atomic mass is 10.1. The second-order valence-electron chi connectivity index (χ2n) is 6.50. The Morgan fingerprint density at radius 3 is 2.92 bits per heavy atom. The molecule has 2 heterocycles. The second kappa shape index (κ2) is 7.35. The van der Waals surface area contributed by atoms with Gasteiger partial charge in [-0.05, 0) is 18.6 Å². The Kier molecular flexibility index (Phi) is 5.18. The zero-order chi connectivity index (χ0) is 18.0. The van der Waals surface area contributed by atoms with Gasteiger partial charge in [-0.2, -0.15) is 0 Å². The first-order chi connectivity index (χ1) is 12.0. The number of hydrogen-bond acceptors (Lipinski definition) is 3. The topological polar surface area (TPSA) is 57.8 Å². The van der Waals surface area contributed by atoms with Crippen molar-refractivity contribution in [3.05, 3.63) is 51.4 Å². The summed E-state index contributed by atoms with van der Waals surface area (Å²) in [6, 6.07) is 4.93. The standard InChI is InChI=1S/C19H22FN3OS/c1-11(2)19-23-13(10-25-19)7-8-21-17(24)9-15-12(3)22-18-14(15)5-4-6-16(18)20/h4-6,10-11,22H,7-9H2,1-3H3,(H,21,24). The van der Waals surface area contributed by atoms with Crippen LogP contribution in [0.15, 0.2) is 23.6 Å². The summed E-state index contributed by atoms with van der Waals surface area (Å²) in [5.74, 6) is 0.0721.